The highest BCUT2D eigenvalue weighted by atomic mass is 35.5. The van der Waals surface area contributed by atoms with Crippen molar-refractivity contribution in [1.82, 2.24) is 10.2 Å². The summed E-state index contributed by atoms with van der Waals surface area (Å²) in [6.07, 6.45) is 5.02. The third-order valence-corrected chi connectivity index (χ3v) is 6.51. The predicted molar refractivity (Wildman–Crippen MR) is 128 cm³/mol. The zero-order valence-corrected chi connectivity index (χ0v) is 19.9. The molecule has 32 heavy (non-hydrogen) atoms. The number of hydrogen-bond acceptors (Lipinski definition) is 3. The molecule has 0 radical (unpaired) electrons. The number of benzene rings is 2. The number of rotatable bonds is 10. The van der Waals surface area contributed by atoms with Gasteiger partial charge in [-0.2, -0.15) is 0 Å². The van der Waals surface area contributed by atoms with Crippen LogP contribution in [0, 0.1) is 0 Å². The third-order valence-electron chi connectivity index (χ3n) is 5.81. The lowest BCUT2D eigenvalue weighted by atomic mass is 10.1. The number of nitrogens with zero attached hydrogens (tertiary/aromatic N) is 1. The molecule has 0 aromatic heterocycles. The summed E-state index contributed by atoms with van der Waals surface area (Å²) >= 11 is 12.7. The molecular weight excluding hydrogens is 447 g/mol. The highest BCUT2D eigenvalue weighted by molar-refractivity contribution is 6.36. The van der Waals surface area contributed by atoms with E-state index in [0.717, 1.165) is 31.4 Å². The van der Waals surface area contributed by atoms with E-state index in [1.54, 1.807) is 30.0 Å². The average Bonchev–Trinajstić information content (AvgIpc) is 3.30. The van der Waals surface area contributed by atoms with Crippen LogP contribution in [0.1, 0.15) is 51.0 Å². The molecular formula is C25H30Cl2N2O3. The third kappa shape index (κ3) is 6.88. The van der Waals surface area contributed by atoms with E-state index in [4.69, 9.17) is 27.9 Å². The van der Waals surface area contributed by atoms with E-state index in [-0.39, 0.29) is 30.8 Å². The number of hydrogen-bond donors (Lipinski definition) is 1. The number of nitrogens with one attached hydrogen (secondary N) is 1. The number of ether oxygens (including phenoxy) is 1. The molecule has 2 aromatic rings. The van der Waals surface area contributed by atoms with Crippen LogP contribution in [0.2, 0.25) is 10.0 Å². The van der Waals surface area contributed by atoms with Crippen molar-refractivity contribution in [2.45, 2.75) is 64.1 Å². The Morgan fingerprint density at radius 3 is 2.38 bits per heavy atom. The summed E-state index contributed by atoms with van der Waals surface area (Å²) in [6, 6.07) is 14.3. The van der Waals surface area contributed by atoms with Gasteiger partial charge in [0, 0.05) is 34.6 Å². The van der Waals surface area contributed by atoms with Gasteiger partial charge in [-0.3, -0.25) is 9.59 Å². The summed E-state index contributed by atoms with van der Waals surface area (Å²) in [5.74, 6) is 0.490. The van der Waals surface area contributed by atoms with E-state index >= 15 is 0 Å². The molecule has 172 valence electrons. The van der Waals surface area contributed by atoms with Gasteiger partial charge >= 0.3 is 0 Å². The maximum atomic E-state index is 13.2. The molecule has 0 bridgehead atoms. The normalized spacial score (nSPS) is 14.7. The van der Waals surface area contributed by atoms with Gasteiger partial charge in [0.2, 0.25) is 11.8 Å². The molecule has 1 aliphatic carbocycles. The van der Waals surface area contributed by atoms with Crippen molar-refractivity contribution in [3.8, 4) is 5.75 Å². The van der Waals surface area contributed by atoms with E-state index in [0.29, 0.717) is 28.6 Å². The van der Waals surface area contributed by atoms with Gasteiger partial charge in [-0.05, 0) is 50.5 Å². The standard InChI is InChI=1S/C25H30Cl2N2O3/c1-18(25(31)28-19-9-5-6-10-19)29(17-21-22(26)13-7-14-23(21)27)24(30)15-8-16-32-20-11-3-2-4-12-20/h2-4,7,11-14,18-19H,5-6,8-10,15-17H2,1H3,(H,28,31)/t18-/m1/s1. The van der Waals surface area contributed by atoms with Crippen molar-refractivity contribution in [3.05, 3.63) is 64.1 Å². The first-order chi connectivity index (χ1) is 15.5. The van der Waals surface area contributed by atoms with Gasteiger partial charge in [0.1, 0.15) is 11.8 Å². The molecule has 1 aliphatic rings. The summed E-state index contributed by atoms with van der Waals surface area (Å²) in [4.78, 5) is 27.7. The van der Waals surface area contributed by atoms with Gasteiger partial charge in [-0.25, -0.2) is 0 Å². The van der Waals surface area contributed by atoms with Gasteiger partial charge in [0.15, 0.2) is 0 Å². The maximum Gasteiger partial charge on any atom is 0.242 e. The van der Waals surface area contributed by atoms with Gasteiger partial charge in [0.05, 0.1) is 6.61 Å². The highest BCUT2D eigenvalue weighted by Gasteiger charge is 2.29. The van der Waals surface area contributed by atoms with Crippen LogP contribution in [-0.4, -0.2) is 35.4 Å². The monoisotopic (exact) mass is 476 g/mol. The molecule has 0 saturated heterocycles. The van der Waals surface area contributed by atoms with Crippen LogP contribution in [0.25, 0.3) is 0 Å². The Morgan fingerprint density at radius 1 is 1.06 bits per heavy atom. The van der Waals surface area contributed by atoms with Crippen molar-refractivity contribution in [2.75, 3.05) is 6.61 Å². The van der Waals surface area contributed by atoms with E-state index < -0.39 is 6.04 Å². The Hall–Kier alpha value is -2.24. The van der Waals surface area contributed by atoms with Gasteiger partial charge in [-0.1, -0.05) is 60.3 Å². The minimum atomic E-state index is -0.634. The molecule has 0 aliphatic heterocycles. The second-order valence-corrected chi connectivity index (χ2v) is 8.97. The molecule has 0 unspecified atom stereocenters. The predicted octanol–water partition coefficient (Wildman–Crippen LogP) is 5.63. The van der Waals surface area contributed by atoms with E-state index in [9.17, 15) is 9.59 Å². The molecule has 1 saturated carbocycles. The second-order valence-electron chi connectivity index (χ2n) is 8.15. The largest absolute Gasteiger partial charge is 0.494 e. The van der Waals surface area contributed by atoms with E-state index in [1.165, 1.54) is 0 Å². The molecule has 1 N–H and O–H groups in total. The van der Waals surface area contributed by atoms with Crippen LogP contribution in [-0.2, 0) is 16.1 Å². The molecule has 1 fully saturated rings. The molecule has 0 spiro atoms. The Labute approximate surface area is 200 Å². The lowest BCUT2D eigenvalue weighted by molar-refractivity contribution is -0.141. The highest BCUT2D eigenvalue weighted by Crippen LogP contribution is 2.27. The molecule has 3 rings (SSSR count). The minimum absolute atomic E-state index is 0.133. The van der Waals surface area contributed by atoms with Crippen LogP contribution >= 0.6 is 23.2 Å². The lowest BCUT2D eigenvalue weighted by Crippen LogP contribution is -2.49. The Balaban J connectivity index is 1.65. The van der Waals surface area contributed by atoms with Gasteiger partial charge in [0.25, 0.3) is 0 Å². The van der Waals surface area contributed by atoms with Crippen molar-refractivity contribution in [2.24, 2.45) is 0 Å². The summed E-state index contributed by atoms with van der Waals surface area (Å²) in [5.41, 5.74) is 0.644. The van der Waals surface area contributed by atoms with Crippen molar-refractivity contribution in [3.63, 3.8) is 0 Å². The summed E-state index contributed by atoms with van der Waals surface area (Å²) in [5, 5.41) is 4.05. The van der Waals surface area contributed by atoms with Crippen LogP contribution in [0.4, 0.5) is 0 Å². The van der Waals surface area contributed by atoms with Crippen LogP contribution in [0.15, 0.2) is 48.5 Å². The summed E-state index contributed by atoms with van der Waals surface area (Å²) < 4.78 is 5.70. The van der Waals surface area contributed by atoms with E-state index in [1.807, 2.05) is 30.3 Å². The maximum absolute atomic E-state index is 13.2. The SMILES string of the molecule is C[C@H](C(=O)NC1CCCC1)N(Cc1c(Cl)cccc1Cl)C(=O)CCCOc1ccccc1. The minimum Gasteiger partial charge on any atom is -0.494 e. The summed E-state index contributed by atoms with van der Waals surface area (Å²) in [6.45, 7) is 2.35. The first-order valence-electron chi connectivity index (χ1n) is 11.2. The molecule has 2 aromatic carbocycles. The van der Waals surface area contributed by atoms with Crippen molar-refractivity contribution >= 4 is 35.0 Å². The Morgan fingerprint density at radius 2 is 1.72 bits per heavy atom. The number of carbonyl (C=O) groups excluding carboxylic acids is 2. The molecule has 0 heterocycles. The fourth-order valence-electron chi connectivity index (χ4n) is 3.90. The topological polar surface area (TPSA) is 58.6 Å². The second kappa shape index (κ2) is 12.1. The lowest BCUT2D eigenvalue weighted by Gasteiger charge is -2.30. The van der Waals surface area contributed by atoms with Crippen molar-refractivity contribution < 1.29 is 14.3 Å². The first-order valence-corrected chi connectivity index (χ1v) is 11.9. The number of amides is 2. The summed E-state index contributed by atoms with van der Waals surface area (Å²) in [7, 11) is 0. The smallest absolute Gasteiger partial charge is 0.242 e. The van der Waals surface area contributed by atoms with Crippen molar-refractivity contribution in [1.29, 1.82) is 0 Å². The zero-order valence-electron chi connectivity index (χ0n) is 18.4. The fourth-order valence-corrected chi connectivity index (χ4v) is 4.42. The first kappa shape index (κ1) is 24.4. The van der Waals surface area contributed by atoms with Gasteiger partial charge < -0.3 is 15.0 Å². The molecule has 7 heteroatoms. The zero-order chi connectivity index (χ0) is 22.9. The fraction of sp³-hybridized carbons (Fsp3) is 0.440. The number of carbonyl (C=O) groups is 2. The van der Waals surface area contributed by atoms with Crippen LogP contribution < -0.4 is 10.1 Å². The Kier molecular flexibility index (Phi) is 9.24. The average molecular weight is 477 g/mol. The van der Waals surface area contributed by atoms with Gasteiger partial charge in [-0.15, -0.1) is 0 Å². The van der Waals surface area contributed by atoms with E-state index in [2.05, 4.69) is 5.32 Å². The molecule has 5 nitrogen and oxygen atoms in total. The van der Waals surface area contributed by atoms with Crippen LogP contribution in [0.3, 0.4) is 0 Å². The molecule has 2 amide bonds. The van der Waals surface area contributed by atoms with Crippen LogP contribution in [0.5, 0.6) is 5.75 Å². The number of halogens is 2. The molecule has 1 atom stereocenters. The quantitative estimate of drug-likeness (QED) is 0.452. The number of para-hydroxylation sites is 1. The Bertz CT molecular complexity index is 881.